The van der Waals surface area contributed by atoms with Gasteiger partial charge in [0.05, 0.1) is 28.0 Å². The summed E-state index contributed by atoms with van der Waals surface area (Å²) in [7, 11) is 0. The van der Waals surface area contributed by atoms with E-state index in [4.69, 9.17) is 12.2 Å². The molecule has 0 bridgehead atoms. The van der Waals surface area contributed by atoms with E-state index in [9.17, 15) is 14.4 Å². The van der Waals surface area contributed by atoms with E-state index < -0.39 is 0 Å². The molecule has 4 rings (SSSR count). The Morgan fingerprint density at radius 3 is 2.62 bits per heavy atom. The number of unbranched alkanes of at least 4 members (excludes halogenated alkanes) is 2. The van der Waals surface area contributed by atoms with Crippen LogP contribution in [-0.2, 0) is 11.3 Å². The molecule has 0 saturated carbocycles. The lowest BCUT2D eigenvalue weighted by Gasteiger charge is -2.14. The number of rotatable bonds is 8. The third-order valence-corrected chi connectivity index (χ3v) is 5.91. The monoisotopic (exact) mass is 451 g/mol. The van der Waals surface area contributed by atoms with Crippen LogP contribution in [0.2, 0.25) is 0 Å². The molecule has 0 spiro atoms. The Hall–Kier alpha value is -3.46. The van der Waals surface area contributed by atoms with Gasteiger partial charge in [0.25, 0.3) is 5.56 Å². The smallest absolute Gasteiger partial charge is 0.323 e. The standard InChI is InChI=1S/C23H25N5O3S/c1-14(15-10-11-18-19(13-15)26-22(31)25-18)24-20(29)9-3-2-6-12-28-21(30)16-7-4-5-8-17(16)27-23(28)32/h4-5,7-8,10-11,13-14H,2-3,6,9,12H2,1H3,(H,24,29)(H,27,32)(H2,25,26,31). The number of nitrogens with one attached hydrogen (secondary N) is 4. The predicted molar refractivity (Wildman–Crippen MR) is 127 cm³/mol. The topological polar surface area (TPSA) is 116 Å². The second-order valence-corrected chi connectivity index (χ2v) is 8.30. The van der Waals surface area contributed by atoms with Crippen molar-refractivity contribution in [1.29, 1.82) is 0 Å². The zero-order valence-corrected chi connectivity index (χ0v) is 18.6. The van der Waals surface area contributed by atoms with Gasteiger partial charge in [0, 0.05) is 13.0 Å². The SMILES string of the molecule is CC(NC(=O)CCCCCn1c(=S)[nH]c2ccccc2c1=O)c1ccc2[nH]c(=O)[nH]c2c1. The van der Waals surface area contributed by atoms with Crippen LogP contribution in [-0.4, -0.2) is 25.4 Å². The van der Waals surface area contributed by atoms with Crippen molar-refractivity contribution in [2.24, 2.45) is 0 Å². The van der Waals surface area contributed by atoms with E-state index in [0.717, 1.165) is 41.4 Å². The zero-order chi connectivity index (χ0) is 22.7. The molecule has 4 N–H and O–H groups in total. The molecule has 32 heavy (non-hydrogen) atoms. The average molecular weight is 452 g/mol. The van der Waals surface area contributed by atoms with Gasteiger partial charge in [0.15, 0.2) is 4.77 Å². The van der Waals surface area contributed by atoms with Gasteiger partial charge in [-0.15, -0.1) is 0 Å². The largest absolute Gasteiger partial charge is 0.350 e. The van der Waals surface area contributed by atoms with Crippen LogP contribution in [0.1, 0.15) is 44.2 Å². The van der Waals surface area contributed by atoms with Crippen molar-refractivity contribution in [3.05, 3.63) is 73.6 Å². The molecule has 0 radical (unpaired) electrons. The molecule has 0 aliphatic rings. The highest BCUT2D eigenvalue weighted by Crippen LogP contribution is 2.17. The Labute approximate surface area is 188 Å². The molecule has 2 aromatic carbocycles. The molecule has 4 aromatic rings. The molecule has 2 aromatic heterocycles. The Morgan fingerprint density at radius 1 is 1.00 bits per heavy atom. The van der Waals surface area contributed by atoms with E-state index in [2.05, 4.69) is 20.3 Å². The molecule has 1 atom stereocenters. The van der Waals surface area contributed by atoms with Crippen LogP contribution in [0.3, 0.4) is 0 Å². The fraction of sp³-hybridized carbons (Fsp3) is 0.304. The van der Waals surface area contributed by atoms with E-state index in [1.165, 1.54) is 0 Å². The summed E-state index contributed by atoms with van der Waals surface area (Å²) in [6.07, 6.45) is 2.71. The van der Waals surface area contributed by atoms with Gasteiger partial charge >= 0.3 is 5.69 Å². The average Bonchev–Trinajstić information content (AvgIpc) is 3.14. The van der Waals surface area contributed by atoms with Crippen LogP contribution in [0.5, 0.6) is 0 Å². The number of fused-ring (bicyclic) bond motifs is 2. The minimum Gasteiger partial charge on any atom is -0.350 e. The second-order valence-electron chi connectivity index (χ2n) is 7.92. The first-order chi connectivity index (χ1) is 15.4. The van der Waals surface area contributed by atoms with Gasteiger partial charge in [-0.05, 0) is 61.8 Å². The van der Waals surface area contributed by atoms with Gasteiger partial charge in [-0.2, -0.15) is 0 Å². The van der Waals surface area contributed by atoms with Gasteiger partial charge in [-0.1, -0.05) is 24.6 Å². The van der Waals surface area contributed by atoms with Crippen LogP contribution in [0, 0.1) is 4.77 Å². The summed E-state index contributed by atoms with van der Waals surface area (Å²) in [6, 6.07) is 12.7. The summed E-state index contributed by atoms with van der Waals surface area (Å²) in [5.41, 5.74) is 2.79. The molecule has 0 saturated heterocycles. The number of nitrogens with zero attached hydrogens (tertiary/aromatic N) is 1. The summed E-state index contributed by atoms with van der Waals surface area (Å²) in [5, 5.41) is 3.62. The molecular weight excluding hydrogens is 426 g/mol. The van der Waals surface area contributed by atoms with Crippen molar-refractivity contribution in [2.45, 2.75) is 45.2 Å². The maximum absolute atomic E-state index is 12.7. The zero-order valence-electron chi connectivity index (χ0n) is 17.7. The molecule has 2 heterocycles. The number of hydrogen-bond acceptors (Lipinski definition) is 4. The Kier molecular flexibility index (Phi) is 6.36. The number of imidazole rings is 1. The summed E-state index contributed by atoms with van der Waals surface area (Å²) < 4.78 is 2.00. The maximum Gasteiger partial charge on any atom is 0.323 e. The van der Waals surface area contributed by atoms with Crippen molar-refractivity contribution in [3.63, 3.8) is 0 Å². The highest BCUT2D eigenvalue weighted by molar-refractivity contribution is 7.71. The molecule has 166 valence electrons. The van der Waals surface area contributed by atoms with E-state index in [1.54, 1.807) is 10.6 Å². The van der Waals surface area contributed by atoms with Crippen LogP contribution in [0.15, 0.2) is 52.1 Å². The molecule has 9 heteroatoms. The van der Waals surface area contributed by atoms with Gasteiger partial charge in [0.2, 0.25) is 5.91 Å². The number of benzene rings is 2. The van der Waals surface area contributed by atoms with Crippen LogP contribution in [0.25, 0.3) is 21.9 Å². The van der Waals surface area contributed by atoms with Crippen molar-refractivity contribution < 1.29 is 4.79 Å². The van der Waals surface area contributed by atoms with Gasteiger partial charge in [-0.25, -0.2) is 4.79 Å². The Morgan fingerprint density at radius 2 is 1.78 bits per heavy atom. The van der Waals surface area contributed by atoms with Crippen molar-refractivity contribution >= 4 is 40.1 Å². The molecule has 0 aliphatic heterocycles. The molecule has 8 nitrogen and oxygen atoms in total. The van der Waals surface area contributed by atoms with Crippen LogP contribution >= 0.6 is 12.2 Å². The molecule has 0 fully saturated rings. The summed E-state index contributed by atoms with van der Waals surface area (Å²) in [4.78, 5) is 44.9. The second kappa shape index (κ2) is 9.35. The third-order valence-electron chi connectivity index (χ3n) is 5.59. The van der Waals surface area contributed by atoms with Crippen LogP contribution < -0.4 is 16.6 Å². The summed E-state index contributed by atoms with van der Waals surface area (Å²) in [5.74, 6) is -0.0275. The molecule has 1 unspecified atom stereocenters. The number of carbonyl (C=O) groups is 1. The number of para-hydroxylation sites is 1. The molecule has 1 amide bonds. The quantitative estimate of drug-likeness (QED) is 0.242. The number of carbonyl (C=O) groups excluding carboxylic acids is 1. The lowest BCUT2D eigenvalue weighted by Crippen LogP contribution is -2.26. The van der Waals surface area contributed by atoms with E-state index in [0.29, 0.717) is 23.1 Å². The van der Waals surface area contributed by atoms with Crippen molar-refractivity contribution in [1.82, 2.24) is 24.8 Å². The lowest BCUT2D eigenvalue weighted by atomic mass is 10.1. The third kappa shape index (κ3) is 4.72. The number of amides is 1. The van der Waals surface area contributed by atoms with Gasteiger partial charge < -0.3 is 20.3 Å². The van der Waals surface area contributed by atoms with Gasteiger partial charge in [-0.3, -0.25) is 14.2 Å². The molecule has 0 aliphatic carbocycles. The summed E-state index contributed by atoms with van der Waals surface area (Å²) in [6.45, 7) is 2.43. The first-order valence-electron chi connectivity index (χ1n) is 10.7. The lowest BCUT2D eigenvalue weighted by molar-refractivity contribution is -0.121. The minimum atomic E-state index is -0.249. The van der Waals surface area contributed by atoms with E-state index in [1.807, 2.05) is 43.3 Å². The van der Waals surface area contributed by atoms with Gasteiger partial charge in [0.1, 0.15) is 0 Å². The minimum absolute atomic E-state index is 0.0275. The Balaban J connectivity index is 1.26. The van der Waals surface area contributed by atoms with Crippen molar-refractivity contribution in [3.8, 4) is 0 Å². The Bertz CT molecular complexity index is 1450. The first kappa shape index (κ1) is 21.8. The first-order valence-corrected chi connectivity index (χ1v) is 11.1. The normalized spacial score (nSPS) is 12.3. The number of aromatic amines is 3. The van der Waals surface area contributed by atoms with Crippen molar-refractivity contribution in [2.75, 3.05) is 0 Å². The van der Waals surface area contributed by atoms with E-state index >= 15 is 0 Å². The fourth-order valence-electron chi connectivity index (χ4n) is 3.85. The number of hydrogen-bond donors (Lipinski definition) is 4. The molecular formula is C23H25N5O3S. The maximum atomic E-state index is 12.7. The fourth-order valence-corrected chi connectivity index (χ4v) is 4.13. The predicted octanol–water partition coefficient (Wildman–Crippen LogP) is 3.67. The summed E-state index contributed by atoms with van der Waals surface area (Å²) >= 11 is 5.33. The van der Waals surface area contributed by atoms with Crippen LogP contribution in [0.4, 0.5) is 0 Å². The number of H-pyrrole nitrogens is 3. The number of aromatic nitrogens is 4. The highest BCUT2D eigenvalue weighted by Gasteiger charge is 2.11. The highest BCUT2D eigenvalue weighted by atomic mass is 32.1. The van der Waals surface area contributed by atoms with E-state index in [-0.39, 0.29) is 23.2 Å².